The number of rotatable bonds is 3. The van der Waals surface area contributed by atoms with Crippen LogP contribution in [0.1, 0.15) is 23.2 Å². The van der Waals surface area contributed by atoms with Crippen LogP contribution < -0.4 is 5.32 Å². The van der Waals surface area contributed by atoms with Crippen LogP contribution in [0.25, 0.3) is 0 Å². The Morgan fingerprint density at radius 2 is 2.35 bits per heavy atom. The van der Waals surface area contributed by atoms with Crippen molar-refractivity contribution in [3.63, 3.8) is 0 Å². The van der Waals surface area contributed by atoms with E-state index in [0.717, 1.165) is 18.1 Å². The Balaban J connectivity index is 1.90. The second kappa shape index (κ2) is 4.41. The van der Waals surface area contributed by atoms with Gasteiger partial charge in [0.1, 0.15) is 0 Å². The molecule has 88 valence electrons. The van der Waals surface area contributed by atoms with E-state index in [-0.39, 0.29) is 5.92 Å². The van der Waals surface area contributed by atoms with Crippen molar-refractivity contribution < 1.29 is 4.52 Å². The molecule has 0 saturated heterocycles. The number of nitrogens with zero attached hydrogens (tertiary/aromatic N) is 2. The van der Waals surface area contributed by atoms with Gasteiger partial charge in [0.05, 0.1) is 11.7 Å². The van der Waals surface area contributed by atoms with Gasteiger partial charge in [0.25, 0.3) is 0 Å². The number of hydrogen-bond donors (Lipinski definition) is 1. The van der Waals surface area contributed by atoms with Crippen LogP contribution in [0.2, 0.25) is 0 Å². The normalized spacial score (nSPS) is 17.8. The quantitative estimate of drug-likeness (QED) is 0.903. The maximum absolute atomic E-state index is 5.34. The van der Waals surface area contributed by atoms with Gasteiger partial charge in [-0.3, -0.25) is 0 Å². The summed E-state index contributed by atoms with van der Waals surface area (Å²) in [4.78, 5) is 4.44. The first-order valence-electron chi connectivity index (χ1n) is 5.52. The van der Waals surface area contributed by atoms with Crippen molar-refractivity contribution in [2.24, 2.45) is 0 Å². The lowest BCUT2D eigenvalue weighted by molar-refractivity contribution is 0.366. The molecule has 17 heavy (non-hydrogen) atoms. The molecule has 1 atom stereocenters. The number of fused-ring (bicyclic) bond motifs is 1. The highest BCUT2D eigenvalue weighted by Gasteiger charge is 2.27. The van der Waals surface area contributed by atoms with E-state index in [4.69, 9.17) is 4.52 Å². The molecule has 0 radical (unpaired) electrons. The van der Waals surface area contributed by atoms with Crippen LogP contribution in [0.4, 0.5) is 5.69 Å². The molecule has 0 amide bonds. The predicted octanol–water partition coefficient (Wildman–Crippen LogP) is 2.49. The first-order chi connectivity index (χ1) is 8.38. The Labute approximate surface area is 104 Å². The van der Waals surface area contributed by atoms with Crippen LogP contribution >= 0.6 is 11.8 Å². The zero-order valence-electron chi connectivity index (χ0n) is 9.51. The highest BCUT2D eigenvalue weighted by atomic mass is 32.2. The third-order valence-corrected chi connectivity index (χ3v) is 3.44. The van der Waals surface area contributed by atoms with Crippen LogP contribution in [0, 0.1) is 0 Å². The minimum absolute atomic E-state index is 0.189. The summed E-state index contributed by atoms with van der Waals surface area (Å²) in [5, 5.41) is 7.35. The molecule has 1 N–H and O–H groups in total. The molecule has 2 heterocycles. The molecule has 1 aliphatic rings. The van der Waals surface area contributed by atoms with Crippen LogP contribution in [-0.2, 0) is 5.75 Å². The number of benzene rings is 1. The first-order valence-corrected chi connectivity index (χ1v) is 6.92. The van der Waals surface area contributed by atoms with Gasteiger partial charge in [0, 0.05) is 12.2 Å². The maximum atomic E-state index is 5.34. The zero-order chi connectivity index (χ0) is 11.7. The van der Waals surface area contributed by atoms with Gasteiger partial charge in [-0.25, -0.2) is 0 Å². The second-order valence-electron chi connectivity index (χ2n) is 4.00. The maximum Gasteiger partial charge on any atom is 0.236 e. The summed E-state index contributed by atoms with van der Waals surface area (Å²) in [6, 6.07) is 8.26. The number of hydrogen-bond acceptors (Lipinski definition) is 5. The smallest absolute Gasteiger partial charge is 0.236 e. The summed E-state index contributed by atoms with van der Waals surface area (Å²) in [7, 11) is 0. The molecule has 1 aliphatic heterocycles. The van der Waals surface area contributed by atoms with Crippen molar-refractivity contribution in [1.29, 1.82) is 0 Å². The van der Waals surface area contributed by atoms with E-state index < -0.39 is 0 Å². The molecule has 1 aromatic carbocycles. The van der Waals surface area contributed by atoms with Crippen molar-refractivity contribution >= 4 is 17.4 Å². The Morgan fingerprint density at radius 1 is 1.47 bits per heavy atom. The SMILES string of the molecule is CSCc1noc(C2CNc3ccccc32)n1. The van der Waals surface area contributed by atoms with Gasteiger partial charge in [-0.15, -0.1) is 0 Å². The van der Waals surface area contributed by atoms with Crippen molar-refractivity contribution in [3.8, 4) is 0 Å². The lowest BCUT2D eigenvalue weighted by atomic mass is 10.0. The summed E-state index contributed by atoms with van der Waals surface area (Å²) in [6.07, 6.45) is 2.03. The Kier molecular flexibility index (Phi) is 2.76. The number of nitrogens with one attached hydrogen (secondary N) is 1. The fourth-order valence-electron chi connectivity index (χ4n) is 2.10. The fourth-order valence-corrected chi connectivity index (χ4v) is 2.48. The lowest BCUT2D eigenvalue weighted by Gasteiger charge is -2.02. The summed E-state index contributed by atoms with van der Waals surface area (Å²) in [5.74, 6) is 2.48. The molecule has 0 saturated carbocycles. The summed E-state index contributed by atoms with van der Waals surface area (Å²) in [5.41, 5.74) is 2.41. The molecule has 0 spiro atoms. The average molecular weight is 247 g/mol. The topological polar surface area (TPSA) is 51.0 Å². The van der Waals surface area contributed by atoms with E-state index in [1.165, 1.54) is 11.3 Å². The van der Waals surface area contributed by atoms with E-state index in [2.05, 4.69) is 27.6 Å². The number of anilines is 1. The molecule has 1 unspecified atom stereocenters. The second-order valence-corrected chi connectivity index (χ2v) is 4.87. The number of aromatic nitrogens is 2. The van der Waals surface area contributed by atoms with Gasteiger partial charge in [-0.2, -0.15) is 16.7 Å². The molecule has 4 nitrogen and oxygen atoms in total. The molecule has 0 fully saturated rings. The molecule has 5 heteroatoms. The van der Waals surface area contributed by atoms with Crippen molar-refractivity contribution in [2.75, 3.05) is 18.1 Å². The standard InChI is InChI=1S/C12H13N3OS/c1-17-7-11-14-12(16-15-11)9-6-13-10-5-3-2-4-8(9)10/h2-5,9,13H,6-7H2,1H3. The minimum atomic E-state index is 0.189. The minimum Gasteiger partial charge on any atom is -0.384 e. The van der Waals surface area contributed by atoms with Crippen LogP contribution in [0.5, 0.6) is 0 Å². The summed E-state index contributed by atoms with van der Waals surface area (Å²) in [6.45, 7) is 0.834. The molecule has 2 aromatic rings. The molecule has 1 aromatic heterocycles. The fraction of sp³-hybridized carbons (Fsp3) is 0.333. The Bertz CT molecular complexity index is 526. The van der Waals surface area contributed by atoms with Crippen LogP contribution in [-0.4, -0.2) is 22.9 Å². The van der Waals surface area contributed by atoms with Crippen LogP contribution in [0.15, 0.2) is 28.8 Å². The van der Waals surface area contributed by atoms with Gasteiger partial charge < -0.3 is 9.84 Å². The van der Waals surface area contributed by atoms with Gasteiger partial charge in [-0.1, -0.05) is 23.4 Å². The molecular formula is C12H13N3OS. The number of thioether (sulfide) groups is 1. The Morgan fingerprint density at radius 3 is 3.24 bits per heavy atom. The molecule has 0 bridgehead atoms. The van der Waals surface area contributed by atoms with Gasteiger partial charge in [0.2, 0.25) is 5.89 Å². The summed E-state index contributed by atoms with van der Waals surface area (Å²) < 4.78 is 5.34. The summed E-state index contributed by atoms with van der Waals surface area (Å²) >= 11 is 1.70. The number of para-hydroxylation sites is 1. The monoisotopic (exact) mass is 247 g/mol. The zero-order valence-corrected chi connectivity index (χ0v) is 10.3. The molecular weight excluding hydrogens is 234 g/mol. The largest absolute Gasteiger partial charge is 0.384 e. The average Bonchev–Trinajstić information content (AvgIpc) is 2.95. The van der Waals surface area contributed by atoms with E-state index >= 15 is 0 Å². The van der Waals surface area contributed by atoms with E-state index in [1.54, 1.807) is 11.8 Å². The first kappa shape index (κ1) is 10.7. The van der Waals surface area contributed by atoms with Crippen LogP contribution in [0.3, 0.4) is 0 Å². The van der Waals surface area contributed by atoms with Crippen molar-refractivity contribution in [2.45, 2.75) is 11.7 Å². The highest BCUT2D eigenvalue weighted by Crippen LogP contribution is 2.34. The third kappa shape index (κ3) is 1.91. The van der Waals surface area contributed by atoms with Gasteiger partial charge >= 0.3 is 0 Å². The lowest BCUT2D eigenvalue weighted by Crippen LogP contribution is -2.04. The van der Waals surface area contributed by atoms with E-state index in [1.807, 2.05) is 18.4 Å². The van der Waals surface area contributed by atoms with E-state index in [0.29, 0.717) is 5.89 Å². The van der Waals surface area contributed by atoms with Gasteiger partial charge in [-0.05, 0) is 17.9 Å². The van der Waals surface area contributed by atoms with E-state index in [9.17, 15) is 0 Å². The van der Waals surface area contributed by atoms with Gasteiger partial charge in [0.15, 0.2) is 5.82 Å². The molecule has 0 aliphatic carbocycles. The highest BCUT2D eigenvalue weighted by molar-refractivity contribution is 7.97. The predicted molar refractivity (Wildman–Crippen MR) is 68.3 cm³/mol. The third-order valence-electron chi connectivity index (χ3n) is 2.89. The van der Waals surface area contributed by atoms with Crippen molar-refractivity contribution in [3.05, 3.63) is 41.5 Å². The van der Waals surface area contributed by atoms with Crippen molar-refractivity contribution in [1.82, 2.24) is 10.1 Å². The molecule has 3 rings (SSSR count). The Hall–Kier alpha value is -1.49.